The van der Waals surface area contributed by atoms with Gasteiger partial charge in [0.15, 0.2) is 0 Å². The summed E-state index contributed by atoms with van der Waals surface area (Å²) >= 11 is 0. The minimum Gasteiger partial charge on any atom is -0.480 e. The number of carboxylic acids is 1. The van der Waals surface area contributed by atoms with E-state index < -0.39 is 12.0 Å². The normalized spacial score (nSPS) is 12.8. The number of carbonyl (C=O) groups is 1. The number of aliphatic carboxylic acids is 1. The average Bonchev–Trinajstić information content (AvgIpc) is 2.47. The van der Waals surface area contributed by atoms with E-state index in [-0.39, 0.29) is 0 Å². The van der Waals surface area contributed by atoms with Gasteiger partial charge in [0, 0.05) is 0 Å². The lowest BCUT2D eigenvalue weighted by atomic mass is 9.98. The Morgan fingerprint density at radius 2 is 1.75 bits per heavy atom. The summed E-state index contributed by atoms with van der Waals surface area (Å²) in [7, 11) is 0. The number of fused-ring (bicyclic) bond motifs is 1. The van der Waals surface area contributed by atoms with Crippen molar-refractivity contribution in [2.24, 2.45) is 0 Å². The van der Waals surface area contributed by atoms with Crippen molar-refractivity contribution in [3.8, 4) is 0 Å². The van der Waals surface area contributed by atoms with Crippen molar-refractivity contribution in [2.45, 2.75) is 26.3 Å². The predicted octanol–water partition coefficient (Wildman–Crippen LogP) is 3.18. The summed E-state index contributed by atoms with van der Waals surface area (Å²) in [6.45, 7) is 5.50. The minimum atomic E-state index is -0.748. The fraction of sp³-hybridized carbons (Fsp3) is 0.353. The summed E-state index contributed by atoms with van der Waals surface area (Å²) in [6, 6.07) is 13.8. The maximum Gasteiger partial charge on any atom is 0.321 e. The van der Waals surface area contributed by atoms with Crippen molar-refractivity contribution < 1.29 is 9.90 Å². The molecule has 0 amide bonds. The largest absolute Gasteiger partial charge is 0.480 e. The van der Waals surface area contributed by atoms with Crippen molar-refractivity contribution in [1.82, 2.24) is 4.90 Å². The lowest BCUT2D eigenvalue weighted by molar-refractivity contribution is -0.143. The van der Waals surface area contributed by atoms with Crippen LogP contribution in [0.15, 0.2) is 42.5 Å². The van der Waals surface area contributed by atoms with Crippen LogP contribution in [0, 0.1) is 0 Å². The summed E-state index contributed by atoms with van der Waals surface area (Å²) in [5.41, 5.74) is 1.10. The number of carboxylic acid groups (broad SMARTS) is 1. The molecular weight excluding hydrogens is 250 g/mol. The number of hydrogen-bond donors (Lipinski definition) is 1. The van der Waals surface area contributed by atoms with Crippen LogP contribution in [-0.4, -0.2) is 35.1 Å². The molecule has 0 aromatic heterocycles. The molecule has 0 bridgehead atoms. The number of nitrogens with zero attached hydrogens (tertiary/aromatic N) is 1. The molecule has 0 saturated carbocycles. The molecule has 3 heteroatoms. The Morgan fingerprint density at radius 1 is 1.10 bits per heavy atom. The Labute approximate surface area is 119 Å². The first-order chi connectivity index (χ1) is 9.67. The van der Waals surface area contributed by atoms with Gasteiger partial charge in [-0.15, -0.1) is 0 Å². The van der Waals surface area contributed by atoms with Crippen LogP contribution in [0.4, 0.5) is 0 Å². The molecule has 0 aliphatic rings. The van der Waals surface area contributed by atoms with E-state index in [1.165, 1.54) is 0 Å². The monoisotopic (exact) mass is 271 g/mol. The molecule has 1 atom stereocenters. The summed E-state index contributed by atoms with van der Waals surface area (Å²) < 4.78 is 0. The van der Waals surface area contributed by atoms with Crippen molar-refractivity contribution >= 4 is 16.7 Å². The molecule has 3 nitrogen and oxygen atoms in total. The van der Waals surface area contributed by atoms with Gasteiger partial charge in [-0.25, -0.2) is 0 Å². The highest BCUT2D eigenvalue weighted by Crippen LogP contribution is 2.21. The first-order valence-corrected chi connectivity index (χ1v) is 7.10. The van der Waals surface area contributed by atoms with Crippen molar-refractivity contribution in [3.05, 3.63) is 48.0 Å². The van der Waals surface area contributed by atoms with E-state index in [9.17, 15) is 9.90 Å². The van der Waals surface area contributed by atoms with Crippen molar-refractivity contribution in [3.63, 3.8) is 0 Å². The van der Waals surface area contributed by atoms with Gasteiger partial charge in [-0.3, -0.25) is 9.69 Å². The average molecular weight is 271 g/mol. The molecule has 1 N–H and O–H groups in total. The van der Waals surface area contributed by atoms with Gasteiger partial charge in [0.1, 0.15) is 6.04 Å². The first kappa shape index (κ1) is 14.5. The van der Waals surface area contributed by atoms with Gasteiger partial charge in [-0.05, 0) is 35.8 Å². The first-order valence-electron chi connectivity index (χ1n) is 7.10. The van der Waals surface area contributed by atoms with E-state index in [4.69, 9.17) is 0 Å². The maximum atomic E-state index is 11.6. The Hall–Kier alpha value is -1.87. The van der Waals surface area contributed by atoms with Crippen molar-refractivity contribution in [2.75, 3.05) is 13.1 Å². The second-order valence-electron chi connectivity index (χ2n) is 4.92. The van der Waals surface area contributed by atoms with Crippen LogP contribution in [-0.2, 0) is 11.2 Å². The summed E-state index contributed by atoms with van der Waals surface area (Å²) in [4.78, 5) is 13.5. The molecule has 2 rings (SSSR count). The molecule has 2 aromatic carbocycles. The van der Waals surface area contributed by atoms with Crippen LogP contribution in [0.5, 0.6) is 0 Å². The molecule has 106 valence electrons. The minimum absolute atomic E-state index is 0.462. The van der Waals surface area contributed by atoms with E-state index in [2.05, 4.69) is 18.2 Å². The Kier molecular flexibility index (Phi) is 4.74. The summed E-state index contributed by atoms with van der Waals surface area (Å²) in [5.74, 6) is -0.748. The van der Waals surface area contributed by atoms with Gasteiger partial charge in [-0.1, -0.05) is 56.3 Å². The smallest absolute Gasteiger partial charge is 0.321 e. The number of rotatable bonds is 6. The third-order valence-electron chi connectivity index (χ3n) is 3.83. The van der Waals surface area contributed by atoms with Crippen LogP contribution in [0.3, 0.4) is 0 Å². The van der Waals surface area contributed by atoms with Crippen LogP contribution in [0.25, 0.3) is 10.8 Å². The van der Waals surface area contributed by atoms with Gasteiger partial charge in [-0.2, -0.15) is 0 Å². The van der Waals surface area contributed by atoms with Gasteiger partial charge >= 0.3 is 5.97 Å². The second-order valence-corrected chi connectivity index (χ2v) is 4.92. The molecule has 2 aromatic rings. The maximum absolute atomic E-state index is 11.6. The highest BCUT2D eigenvalue weighted by molar-refractivity contribution is 5.86. The third-order valence-corrected chi connectivity index (χ3v) is 3.83. The van der Waals surface area contributed by atoms with Crippen molar-refractivity contribution in [1.29, 1.82) is 0 Å². The van der Waals surface area contributed by atoms with Gasteiger partial charge in [0.05, 0.1) is 0 Å². The van der Waals surface area contributed by atoms with Gasteiger partial charge < -0.3 is 5.11 Å². The molecule has 20 heavy (non-hydrogen) atoms. The fourth-order valence-electron chi connectivity index (χ4n) is 2.72. The molecule has 0 radical (unpaired) electrons. The zero-order valence-electron chi connectivity index (χ0n) is 12.0. The lowest BCUT2D eigenvalue weighted by Gasteiger charge is -2.26. The Morgan fingerprint density at radius 3 is 2.40 bits per heavy atom. The molecule has 0 heterocycles. The zero-order chi connectivity index (χ0) is 14.5. The second kappa shape index (κ2) is 6.53. The molecule has 0 fully saturated rings. The SMILES string of the molecule is CCN(CC)[C@H](Cc1cccc2ccccc12)C(=O)O. The summed E-state index contributed by atoms with van der Waals surface area (Å²) in [6.07, 6.45) is 0.540. The molecule has 0 aliphatic carbocycles. The third kappa shape index (κ3) is 2.99. The quantitative estimate of drug-likeness (QED) is 0.877. The zero-order valence-corrected chi connectivity index (χ0v) is 12.0. The molecule has 0 aliphatic heterocycles. The highest BCUT2D eigenvalue weighted by Gasteiger charge is 2.24. The standard InChI is InChI=1S/C17H21NO2/c1-3-18(4-2)16(17(19)20)12-14-10-7-9-13-8-5-6-11-15(13)14/h5-11,16H,3-4,12H2,1-2H3,(H,19,20)/t16-/m1/s1. The van der Waals surface area contributed by atoms with E-state index in [1.54, 1.807) is 0 Å². The summed E-state index contributed by atoms with van der Waals surface area (Å²) in [5, 5.41) is 11.8. The van der Waals surface area contributed by atoms with E-state index in [0.29, 0.717) is 6.42 Å². The lowest BCUT2D eigenvalue weighted by Crippen LogP contribution is -2.42. The predicted molar refractivity (Wildman–Crippen MR) is 82.0 cm³/mol. The van der Waals surface area contributed by atoms with E-state index in [1.807, 2.05) is 43.0 Å². The van der Waals surface area contributed by atoms with E-state index in [0.717, 1.165) is 29.4 Å². The van der Waals surface area contributed by atoms with Gasteiger partial charge in [0.25, 0.3) is 0 Å². The Balaban J connectivity index is 2.36. The van der Waals surface area contributed by atoms with Crippen LogP contribution >= 0.6 is 0 Å². The molecule has 0 saturated heterocycles. The molecule has 0 unspecified atom stereocenters. The van der Waals surface area contributed by atoms with Crippen LogP contribution in [0.2, 0.25) is 0 Å². The van der Waals surface area contributed by atoms with E-state index >= 15 is 0 Å². The van der Waals surface area contributed by atoms with Crippen LogP contribution in [0.1, 0.15) is 19.4 Å². The number of hydrogen-bond acceptors (Lipinski definition) is 2. The highest BCUT2D eigenvalue weighted by atomic mass is 16.4. The van der Waals surface area contributed by atoms with Crippen LogP contribution < -0.4 is 0 Å². The molecular formula is C17H21NO2. The topological polar surface area (TPSA) is 40.5 Å². The number of benzene rings is 2. The molecule has 0 spiro atoms. The number of likely N-dealkylation sites (N-methyl/N-ethyl adjacent to an activating group) is 1. The fourth-order valence-corrected chi connectivity index (χ4v) is 2.72. The van der Waals surface area contributed by atoms with Gasteiger partial charge in [0.2, 0.25) is 0 Å². The Bertz CT molecular complexity index is 585.